The van der Waals surface area contributed by atoms with Crippen LogP contribution in [0.2, 0.25) is 0 Å². The van der Waals surface area contributed by atoms with E-state index in [4.69, 9.17) is 17.4 Å². The molecular weight excluding hydrogens is 476 g/mol. The molecule has 4 aromatic heterocycles. The fourth-order valence-electron chi connectivity index (χ4n) is 4.74. The van der Waals surface area contributed by atoms with Crippen molar-refractivity contribution in [3.8, 4) is 23.1 Å². The lowest BCUT2D eigenvalue weighted by molar-refractivity contribution is 0.211. The number of piperidine rings is 1. The molecule has 5 aromatic rings. The summed E-state index contributed by atoms with van der Waals surface area (Å²) in [5.41, 5.74) is 10.2. The van der Waals surface area contributed by atoms with Gasteiger partial charge in [0.25, 0.3) is 0 Å². The van der Waals surface area contributed by atoms with Crippen molar-refractivity contribution in [3.05, 3.63) is 84.6 Å². The third kappa shape index (κ3) is 4.75. The zero-order valence-corrected chi connectivity index (χ0v) is 20.6. The first-order chi connectivity index (χ1) is 19.1. The first-order valence-corrected chi connectivity index (χ1v) is 12.4. The Labute approximate surface area is 221 Å². The average Bonchev–Trinajstić information content (AvgIpc) is 3.37. The monoisotopic (exact) mass is 503 g/mol. The Morgan fingerprint density at radius 1 is 0.974 bits per heavy atom. The third-order valence-electron chi connectivity index (χ3n) is 6.62. The standard InChI is InChI=1S/C28H26N10/c29-17-25-31-14-9-24(36-25)34-20-10-15-37(16-11-20)18-19-5-7-21(8-6-19)38-27(22-3-1-12-32-26(22)30)35-23-4-2-13-33-28(23)38/h1-9,12-14,20H,10-11,15-16,18H2,(H2,30,32)(H,31,34,36)/i18D. The van der Waals surface area contributed by atoms with E-state index in [1.165, 1.54) is 0 Å². The molecule has 1 fully saturated rings. The summed E-state index contributed by atoms with van der Waals surface area (Å²) in [6.45, 7) is 1.09. The lowest BCUT2D eigenvalue weighted by atomic mass is 10.0. The highest BCUT2D eigenvalue weighted by Crippen LogP contribution is 2.30. The summed E-state index contributed by atoms with van der Waals surface area (Å²) in [6, 6.07) is 19.5. The summed E-state index contributed by atoms with van der Waals surface area (Å²) >= 11 is 0. The van der Waals surface area contributed by atoms with E-state index in [1.54, 1.807) is 24.7 Å². The summed E-state index contributed by atoms with van der Waals surface area (Å²) in [4.78, 5) is 23.9. The van der Waals surface area contributed by atoms with Crippen molar-refractivity contribution in [2.75, 3.05) is 24.1 Å². The fourth-order valence-corrected chi connectivity index (χ4v) is 4.74. The first kappa shape index (κ1) is 22.3. The molecule has 1 aliphatic heterocycles. The predicted molar refractivity (Wildman–Crippen MR) is 145 cm³/mol. The quantitative estimate of drug-likeness (QED) is 0.355. The third-order valence-corrected chi connectivity index (χ3v) is 6.62. The molecule has 0 bridgehead atoms. The van der Waals surface area contributed by atoms with Gasteiger partial charge in [-0.05, 0) is 60.9 Å². The molecule has 1 saturated heterocycles. The summed E-state index contributed by atoms with van der Waals surface area (Å²) in [6.07, 6.45) is 6.75. The van der Waals surface area contributed by atoms with Crippen LogP contribution in [-0.2, 0) is 6.52 Å². The van der Waals surface area contributed by atoms with E-state index < -0.39 is 6.52 Å². The number of nitrogen functional groups attached to an aromatic ring is 1. The number of hydrogen-bond acceptors (Lipinski definition) is 9. The minimum absolute atomic E-state index is 0.155. The van der Waals surface area contributed by atoms with E-state index in [-0.39, 0.29) is 11.9 Å². The van der Waals surface area contributed by atoms with Gasteiger partial charge in [-0.15, -0.1) is 0 Å². The van der Waals surface area contributed by atoms with Gasteiger partial charge in [-0.25, -0.2) is 24.9 Å². The normalized spacial score (nSPS) is 15.6. The molecule has 6 rings (SSSR count). The number of nitriles is 1. The number of likely N-dealkylation sites (tertiary alicyclic amines) is 1. The molecule has 1 unspecified atom stereocenters. The highest BCUT2D eigenvalue weighted by molar-refractivity contribution is 5.82. The zero-order valence-electron chi connectivity index (χ0n) is 21.6. The molecule has 1 atom stereocenters. The Morgan fingerprint density at radius 2 is 1.76 bits per heavy atom. The van der Waals surface area contributed by atoms with Crippen molar-refractivity contribution in [1.82, 2.24) is 34.4 Å². The SMILES string of the molecule is [2H]C(c1ccc(-n2c(-c3cccnc3N)nc3cccnc32)cc1)N1CCC(Nc2ccnc(C#N)n2)CC1. The second-order valence-corrected chi connectivity index (χ2v) is 9.11. The molecule has 0 amide bonds. The number of pyridine rings is 2. The Bertz CT molecular complexity index is 1650. The van der Waals surface area contributed by atoms with Crippen molar-refractivity contribution in [1.29, 1.82) is 5.26 Å². The number of anilines is 2. The van der Waals surface area contributed by atoms with Gasteiger partial charge in [0.1, 0.15) is 23.2 Å². The van der Waals surface area contributed by atoms with Crippen molar-refractivity contribution in [3.63, 3.8) is 0 Å². The summed E-state index contributed by atoms with van der Waals surface area (Å²) in [5.74, 6) is 1.89. The second kappa shape index (κ2) is 10.2. The molecule has 0 aliphatic carbocycles. The van der Waals surface area contributed by atoms with E-state index in [1.807, 2.05) is 59.2 Å². The highest BCUT2D eigenvalue weighted by Gasteiger charge is 2.21. The molecule has 0 spiro atoms. The number of rotatable bonds is 6. The Kier molecular flexibility index (Phi) is 6.02. The smallest absolute Gasteiger partial charge is 0.234 e. The fraction of sp³-hybridized carbons (Fsp3) is 0.214. The van der Waals surface area contributed by atoms with Gasteiger partial charge >= 0.3 is 0 Å². The molecule has 188 valence electrons. The number of imidazole rings is 1. The number of nitrogens with two attached hydrogens (primary N) is 1. The summed E-state index contributed by atoms with van der Waals surface area (Å²) < 4.78 is 10.9. The number of hydrogen-bond donors (Lipinski definition) is 2. The molecule has 1 aliphatic rings. The Morgan fingerprint density at radius 3 is 2.55 bits per heavy atom. The van der Waals surface area contributed by atoms with Gasteiger partial charge in [-0.2, -0.15) is 5.26 Å². The van der Waals surface area contributed by atoms with E-state index in [9.17, 15) is 0 Å². The number of benzene rings is 1. The molecule has 0 radical (unpaired) electrons. The van der Waals surface area contributed by atoms with Crippen LogP contribution >= 0.6 is 0 Å². The van der Waals surface area contributed by atoms with Gasteiger partial charge < -0.3 is 11.1 Å². The lowest BCUT2D eigenvalue weighted by Crippen LogP contribution is -2.38. The molecule has 10 heteroatoms. The second-order valence-electron chi connectivity index (χ2n) is 9.11. The molecule has 0 saturated carbocycles. The van der Waals surface area contributed by atoms with Gasteiger partial charge in [0, 0.05) is 51.3 Å². The predicted octanol–water partition coefficient (Wildman–Crippen LogP) is 3.80. The maximum Gasteiger partial charge on any atom is 0.234 e. The number of aromatic nitrogens is 6. The number of nitrogens with one attached hydrogen (secondary N) is 1. The average molecular weight is 504 g/mol. The van der Waals surface area contributed by atoms with E-state index in [2.05, 4.69) is 30.2 Å². The maximum absolute atomic E-state index is 9.02. The van der Waals surface area contributed by atoms with Crippen LogP contribution < -0.4 is 11.1 Å². The van der Waals surface area contributed by atoms with E-state index in [0.29, 0.717) is 17.5 Å². The minimum Gasteiger partial charge on any atom is -0.383 e. The molecular formula is C28H26N10. The first-order valence-electron chi connectivity index (χ1n) is 13.0. The molecule has 10 nitrogen and oxygen atoms in total. The van der Waals surface area contributed by atoms with E-state index in [0.717, 1.165) is 53.9 Å². The highest BCUT2D eigenvalue weighted by atomic mass is 15.2. The zero-order chi connectivity index (χ0) is 26.8. The van der Waals surface area contributed by atoms with Gasteiger partial charge in [-0.3, -0.25) is 9.47 Å². The topological polar surface area (TPSA) is 134 Å². The van der Waals surface area contributed by atoms with Gasteiger partial charge in [0.15, 0.2) is 11.5 Å². The van der Waals surface area contributed by atoms with Crippen LogP contribution in [0.25, 0.3) is 28.2 Å². The number of fused-ring (bicyclic) bond motifs is 1. The minimum atomic E-state index is -0.477. The molecule has 38 heavy (non-hydrogen) atoms. The van der Waals surface area contributed by atoms with Crippen LogP contribution in [0.4, 0.5) is 11.6 Å². The van der Waals surface area contributed by atoms with Crippen LogP contribution in [0.15, 0.2) is 73.2 Å². The van der Waals surface area contributed by atoms with Crippen LogP contribution in [0.3, 0.4) is 0 Å². The summed E-state index contributed by atoms with van der Waals surface area (Å²) in [5, 5.41) is 12.4. The molecule has 1 aromatic carbocycles. The summed E-state index contributed by atoms with van der Waals surface area (Å²) in [7, 11) is 0. The van der Waals surface area contributed by atoms with Crippen LogP contribution in [-0.4, -0.2) is 53.5 Å². The van der Waals surface area contributed by atoms with Crippen molar-refractivity contribution in [2.45, 2.75) is 25.4 Å². The van der Waals surface area contributed by atoms with Crippen LogP contribution in [0.5, 0.6) is 0 Å². The van der Waals surface area contributed by atoms with Crippen molar-refractivity contribution in [2.24, 2.45) is 0 Å². The Balaban J connectivity index is 1.19. The van der Waals surface area contributed by atoms with Gasteiger partial charge in [0.2, 0.25) is 5.82 Å². The largest absolute Gasteiger partial charge is 0.383 e. The maximum atomic E-state index is 9.02. The molecule has 5 heterocycles. The lowest BCUT2D eigenvalue weighted by Gasteiger charge is -2.32. The number of nitrogens with zero attached hydrogens (tertiary/aromatic N) is 8. The van der Waals surface area contributed by atoms with Gasteiger partial charge in [0.05, 0.1) is 5.56 Å². The van der Waals surface area contributed by atoms with E-state index >= 15 is 0 Å². The van der Waals surface area contributed by atoms with Crippen LogP contribution in [0, 0.1) is 11.3 Å². The van der Waals surface area contributed by atoms with Crippen LogP contribution in [0.1, 0.15) is 25.6 Å². The van der Waals surface area contributed by atoms with Gasteiger partial charge in [-0.1, -0.05) is 12.1 Å². The molecule has 3 N–H and O–H groups in total. The van der Waals surface area contributed by atoms with Crippen molar-refractivity contribution >= 4 is 22.8 Å². The van der Waals surface area contributed by atoms with Crippen molar-refractivity contribution < 1.29 is 1.37 Å². The Hall–Kier alpha value is -4.88.